The first-order valence-corrected chi connectivity index (χ1v) is 4.49. The number of hydrogen-bond acceptors (Lipinski definition) is 3. The Labute approximate surface area is 77.1 Å². The van der Waals surface area contributed by atoms with Crippen molar-refractivity contribution in [1.29, 1.82) is 0 Å². The first kappa shape index (κ1) is 9.98. The minimum Gasteiger partial charge on any atom is -0.368 e. The Morgan fingerprint density at radius 3 is 2.77 bits per heavy atom. The molecule has 1 aliphatic heterocycles. The zero-order chi connectivity index (χ0) is 9.68. The fourth-order valence-electron chi connectivity index (χ4n) is 1.37. The van der Waals surface area contributed by atoms with Crippen LogP contribution in [-0.4, -0.2) is 30.9 Å². The van der Waals surface area contributed by atoms with Crippen LogP contribution in [0.2, 0.25) is 0 Å². The lowest BCUT2D eigenvalue weighted by Gasteiger charge is -2.22. The molecule has 0 aliphatic carbocycles. The first-order chi connectivity index (χ1) is 6.20. The molecule has 0 spiro atoms. The Morgan fingerprint density at radius 1 is 1.46 bits per heavy atom. The molecule has 5 heteroatoms. The van der Waals surface area contributed by atoms with Gasteiger partial charge >= 0.3 is 0 Å². The fraction of sp³-hybridized carbons (Fsp3) is 0.750. The van der Waals surface area contributed by atoms with Gasteiger partial charge in [-0.3, -0.25) is 9.59 Å². The predicted molar refractivity (Wildman–Crippen MR) is 47.8 cm³/mol. The molecule has 0 aromatic carbocycles. The maximum Gasteiger partial charge on any atom is 0.237 e. The summed E-state index contributed by atoms with van der Waals surface area (Å²) in [5, 5.41) is 5.55. The minimum absolute atomic E-state index is 0.0724. The molecule has 1 rings (SSSR count). The van der Waals surface area contributed by atoms with Gasteiger partial charge < -0.3 is 16.4 Å². The van der Waals surface area contributed by atoms with Crippen LogP contribution in [0.1, 0.15) is 19.3 Å². The van der Waals surface area contributed by atoms with Crippen LogP contribution in [0.4, 0.5) is 0 Å². The molecular formula is C8H15N3O2. The van der Waals surface area contributed by atoms with Crippen molar-refractivity contribution in [3.8, 4) is 0 Å². The Kier molecular flexibility index (Phi) is 3.70. The molecule has 0 aromatic rings. The number of hydrogen-bond donors (Lipinski definition) is 3. The molecule has 1 saturated heterocycles. The van der Waals surface area contributed by atoms with Gasteiger partial charge in [0.05, 0.1) is 12.6 Å². The van der Waals surface area contributed by atoms with E-state index in [9.17, 15) is 9.59 Å². The van der Waals surface area contributed by atoms with Gasteiger partial charge in [-0.15, -0.1) is 0 Å². The summed E-state index contributed by atoms with van der Waals surface area (Å²) >= 11 is 0. The highest BCUT2D eigenvalue weighted by molar-refractivity contribution is 5.86. The molecule has 0 radical (unpaired) electrons. The quantitative estimate of drug-likeness (QED) is 0.512. The minimum atomic E-state index is -0.510. The number of rotatable bonds is 3. The van der Waals surface area contributed by atoms with E-state index in [1.54, 1.807) is 0 Å². The topological polar surface area (TPSA) is 84.2 Å². The highest BCUT2D eigenvalue weighted by Gasteiger charge is 2.19. The second-order valence-corrected chi connectivity index (χ2v) is 3.19. The van der Waals surface area contributed by atoms with Crippen molar-refractivity contribution in [3.63, 3.8) is 0 Å². The van der Waals surface area contributed by atoms with Crippen molar-refractivity contribution in [3.05, 3.63) is 0 Å². The van der Waals surface area contributed by atoms with Crippen LogP contribution in [0.15, 0.2) is 0 Å². The molecule has 4 N–H and O–H groups in total. The summed E-state index contributed by atoms with van der Waals surface area (Å²) in [6.45, 7) is 0.797. The van der Waals surface area contributed by atoms with Gasteiger partial charge in [-0.25, -0.2) is 0 Å². The zero-order valence-electron chi connectivity index (χ0n) is 7.51. The van der Waals surface area contributed by atoms with Gasteiger partial charge in [0, 0.05) is 0 Å². The highest BCUT2D eigenvalue weighted by Crippen LogP contribution is 2.06. The third-order valence-electron chi connectivity index (χ3n) is 2.06. The van der Waals surface area contributed by atoms with E-state index in [2.05, 4.69) is 10.6 Å². The number of amides is 2. The standard InChI is InChI=1S/C8H15N3O2/c9-7(12)5-11-8(13)6-3-1-2-4-10-6/h6,10H,1-5H2,(H2,9,12)(H,11,13)/t6-/m0/s1. The average Bonchev–Trinajstić information content (AvgIpc) is 2.15. The van der Waals surface area contributed by atoms with Gasteiger partial charge in [-0.1, -0.05) is 6.42 Å². The van der Waals surface area contributed by atoms with Crippen molar-refractivity contribution in [2.24, 2.45) is 5.73 Å². The number of primary amides is 1. The lowest BCUT2D eigenvalue weighted by molar-refractivity contribution is -0.126. The second kappa shape index (κ2) is 4.81. The Bertz CT molecular complexity index is 200. The maximum absolute atomic E-state index is 11.3. The highest BCUT2D eigenvalue weighted by atomic mass is 16.2. The third kappa shape index (κ3) is 3.42. The molecule has 0 bridgehead atoms. The van der Waals surface area contributed by atoms with E-state index in [1.807, 2.05) is 0 Å². The third-order valence-corrected chi connectivity index (χ3v) is 2.06. The molecule has 1 heterocycles. The van der Waals surface area contributed by atoms with E-state index in [0.717, 1.165) is 25.8 Å². The second-order valence-electron chi connectivity index (χ2n) is 3.19. The van der Waals surface area contributed by atoms with Gasteiger partial charge in [0.1, 0.15) is 0 Å². The first-order valence-electron chi connectivity index (χ1n) is 4.49. The number of carbonyl (C=O) groups excluding carboxylic acids is 2. The summed E-state index contributed by atoms with van der Waals surface area (Å²) in [5.74, 6) is -0.636. The molecule has 0 unspecified atom stereocenters. The molecule has 0 saturated carbocycles. The summed E-state index contributed by atoms with van der Waals surface area (Å²) in [6, 6.07) is -0.145. The van der Waals surface area contributed by atoms with E-state index >= 15 is 0 Å². The van der Waals surface area contributed by atoms with E-state index in [4.69, 9.17) is 5.73 Å². The Balaban J connectivity index is 2.25. The van der Waals surface area contributed by atoms with Gasteiger partial charge in [-0.05, 0) is 19.4 Å². The van der Waals surface area contributed by atoms with Gasteiger partial charge in [0.15, 0.2) is 0 Å². The normalized spacial score (nSPS) is 22.3. The molecule has 5 nitrogen and oxygen atoms in total. The van der Waals surface area contributed by atoms with Crippen molar-refractivity contribution < 1.29 is 9.59 Å². The van der Waals surface area contributed by atoms with Crippen LogP contribution < -0.4 is 16.4 Å². The molecule has 0 aromatic heterocycles. The lowest BCUT2D eigenvalue weighted by atomic mass is 10.0. The largest absolute Gasteiger partial charge is 0.368 e. The Hall–Kier alpha value is -1.10. The molecular weight excluding hydrogens is 170 g/mol. The SMILES string of the molecule is NC(=O)CNC(=O)[C@@H]1CCCCN1. The van der Waals surface area contributed by atoms with Crippen LogP contribution in [0.25, 0.3) is 0 Å². The predicted octanol–water partition coefficient (Wildman–Crippen LogP) is -1.27. The molecule has 1 atom stereocenters. The number of carbonyl (C=O) groups is 2. The number of nitrogens with two attached hydrogens (primary N) is 1. The van der Waals surface area contributed by atoms with Crippen molar-refractivity contribution in [1.82, 2.24) is 10.6 Å². The van der Waals surface area contributed by atoms with Crippen molar-refractivity contribution in [2.45, 2.75) is 25.3 Å². The lowest BCUT2D eigenvalue weighted by Crippen LogP contribution is -2.48. The van der Waals surface area contributed by atoms with Crippen LogP contribution in [0.5, 0.6) is 0 Å². The van der Waals surface area contributed by atoms with E-state index < -0.39 is 5.91 Å². The summed E-state index contributed by atoms with van der Waals surface area (Å²) in [4.78, 5) is 21.7. The van der Waals surface area contributed by atoms with Crippen molar-refractivity contribution in [2.75, 3.05) is 13.1 Å². The summed E-state index contributed by atoms with van der Waals surface area (Å²) in [6.07, 6.45) is 3.01. The van der Waals surface area contributed by atoms with Crippen LogP contribution in [0.3, 0.4) is 0 Å². The maximum atomic E-state index is 11.3. The smallest absolute Gasteiger partial charge is 0.237 e. The summed E-state index contributed by atoms with van der Waals surface area (Å²) in [5.41, 5.74) is 4.90. The summed E-state index contributed by atoms with van der Waals surface area (Å²) in [7, 11) is 0. The monoisotopic (exact) mass is 185 g/mol. The molecule has 74 valence electrons. The van der Waals surface area contributed by atoms with E-state index in [1.165, 1.54) is 0 Å². The summed E-state index contributed by atoms with van der Waals surface area (Å²) < 4.78 is 0. The van der Waals surface area contributed by atoms with E-state index in [-0.39, 0.29) is 18.5 Å². The zero-order valence-corrected chi connectivity index (χ0v) is 7.51. The van der Waals surface area contributed by atoms with Crippen molar-refractivity contribution >= 4 is 11.8 Å². The number of nitrogens with one attached hydrogen (secondary N) is 2. The van der Waals surface area contributed by atoms with Gasteiger partial charge in [0.2, 0.25) is 11.8 Å². The average molecular weight is 185 g/mol. The number of piperidine rings is 1. The van der Waals surface area contributed by atoms with Crippen LogP contribution in [-0.2, 0) is 9.59 Å². The molecule has 1 fully saturated rings. The Morgan fingerprint density at radius 2 is 2.23 bits per heavy atom. The van der Waals surface area contributed by atoms with Gasteiger partial charge in [0.25, 0.3) is 0 Å². The fourth-order valence-corrected chi connectivity index (χ4v) is 1.37. The van der Waals surface area contributed by atoms with Crippen LogP contribution >= 0.6 is 0 Å². The molecule has 1 aliphatic rings. The van der Waals surface area contributed by atoms with Gasteiger partial charge in [-0.2, -0.15) is 0 Å². The molecule has 13 heavy (non-hydrogen) atoms. The van der Waals surface area contributed by atoms with Crippen LogP contribution in [0, 0.1) is 0 Å². The molecule has 2 amide bonds. The van der Waals surface area contributed by atoms with E-state index in [0.29, 0.717) is 0 Å².